The van der Waals surface area contributed by atoms with Crippen LogP contribution in [0.2, 0.25) is 0 Å². The highest BCUT2D eigenvalue weighted by atomic mass is 16.5. The van der Waals surface area contributed by atoms with Crippen LogP contribution < -0.4 is 21.3 Å². The average molecular weight is 1100 g/mol. The first-order valence-corrected chi connectivity index (χ1v) is 28.2. The minimum Gasteiger partial charge on any atom is -0.379 e. The van der Waals surface area contributed by atoms with Gasteiger partial charge in [-0.15, -0.1) is 0 Å². The number of piperidine rings is 1. The minimum absolute atomic E-state index is 0.0232. The number of benzene rings is 2. The summed E-state index contributed by atoms with van der Waals surface area (Å²) in [6.45, 7) is 11.4. The van der Waals surface area contributed by atoms with E-state index in [2.05, 4.69) is 26.2 Å². The van der Waals surface area contributed by atoms with E-state index in [1.54, 1.807) is 55.1 Å². The number of carbonyl (C=O) groups is 8. The van der Waals surface area contributed by atoms with Crippen LogP contribution in [0, 0.1) is 23.7 Å². The van der Waals surface area contributed by atoms with Crippen molar-refractivity contribution >= 4 is 52.9 Å². The topological polar surface area (TPSA) is 235 Å². The van der Waals surface area contributed by atoms with Gasteiger partial charge in [-0.3, -0.25) is 48.2 Å². The third-order valence-corrected chi connectivity index (χ3v) is 16.5. The monoisotopic (exact) mass is 1100 g/mol. The average Bonchev–Trinajstić information content (AvgIpc) is 4.32. The van der Waals surface area contributed by atoms with E-state index in [0.29, 0.717) is 37.5 Å². The molecule has 3 heterocycles. The molecule has 20 nitrogen and oxygen atoms in total. The maximum absolute atomic E-state index is 14.6. The third kappa shape index (κ3) is 16.5. The van der Waals surface area contributed by atoms with Crippen molar-refractivity contribution < 1.29 is 57.3 Å². The molecule has 4 N–H and O–H groups in total. The Morgan fingerprint density at radius 1 is 0.797 bits per heavy atom. The van der Waals surface area contributed by atoms with Gasteiger partial charge in [0.15, 0.2) is 0 Å². The van der Waals surface area contributed by atoms with Crippen LogP contribution in [0.5, 0.6) is 0 Å². The van der Waals surface area contributed by atoms with Crippen molar-refractivity contribution in [1.82, 2.24) is 35.6 Å². The number of rotatable bonds is 31. The maximum atomic E-state index is 14.6. The number of likely N-dealkylation sites (tertiary alicyclic amines) is 2. The molecular weight excluding hydrogens is 1010 g/mol. The Hall–Kier alpha value is -6.06. The summed E-state index contributed by atoms with van der Waals surface area (Å²) in [5.41, 5.74) is 2.13. The van der Waals surface area contributed by atoms with E-state index in [1.165, 1.54) is 19.3 Å². The molecule has 2 saturated heterocycles. The first-order valence-electron chi connectivity index (χ1n) is 28.2. The van der Waals surface area contributed by atoms with Crippen LogP contribution in [0.4, 0.5) is 5.69 Å². The molecule has 3 unspecified atom stereocenters. The number of likely N-dealkylation sites (N-methyl/N-ethyl adjacent to an activating group) is 2. The second kappa shape index (κ2) is 30.0. The molecule has 0 aromatic heterocycles. The van der Waals surface area contributed by atoms with Gasteiger partial charge in [-0.25, -0.2) is 0 Å². The molecule has 3 aliphatic heterocycles. The van der Waals surface area contributed by atoms with Crippen molar-refractivity contribution in [3.05, 3.63) is 77.9 Å². The Labute approximate surface area is 466 Å². The Morgan fingerprint density at radius 3 is 2.10 bits per heavy atom. The fraction of sp³-hybridized carbons (Fsp3) is 0.627. The predicted molar refractivity (Wildman–Crippen MR) is 297 cm³/mol. The predicted octanol–water partition coefficient (Wildman–Crippen LogP) is 3.86. The van der Waals surface area contributed by atoms with Gasteiger partial charge in [0, 0.05) is 71.1 Å². The highest BCUT2D eigenvalue weighted by Gasteiger charge is 2.49. The number of ether oxygens (including phenoxy) is 4. The number of anilines is 1. The van der Waals surface area contributed by atoms with Gasteiger partial charge in [-0.05, 0) is 80.2 Å². The van der Waals surface area contributed by atoms with Crippen LogP contribution in [-0.2, 0) is 70.3 Å². The SMILES string of the molecule is CC[C@H](C)[C@@H]([C@@H](CC(=O)N1CCCC1[C@H](OC)[C@@H](C)C(=O)NC(Cc1ccccc1)C(=O)Nc1ccc(CNC(=O)CCOCCOCCN2C(=O)C=CC2=O)cc1)OC)N(C)C(=O)C(NC(=O)[C@@H]1[C@H]2CC[C@H](C2)N1C)C(C)C. The highest BCUT2D eigenvalue weighted by Crippen LogP contribution is 2.41. The second-order valence-electron chi connectivity index (χ2n) is 22.0. The quantitative estimate of drug-likeness (QED) is 0.0622. The molecule has 434 valence electrons. The number of nitrogens with one attached hydrogen (secondary N) is 4. The second-order valence-corrected chi connectivity index (χ2v) is 22.0. The summed E-state index contributed by atoms with van der Waals surface area (Å²) in [5.74, 6) is -3.06. The van der Waals surface area contributed by atoms with Crippen LogP contribution in [0.3, 0.4) is 0 Å². The number of hydrogen-bond acceptors (Lipinski definition) is 13. The summed E-state index contributed by atoms with van der Waals surface area (Å²) in [4.78, 5) is 114. The molecule has 1 saturated carbocycles. The normalized spacial score (nSPS) is 21.6. The molecule has 2 bridgehead atoms. The molecule has 4 aliphatic rings. The minimum atomic E-state index is -0.977. The largest absolute Gasteiger partial charge is 0.379 e. The van der Waals surface area contributed by atoms with Crippen LogP contribution >= 0.6 is 0 Å². The Bertz CT molecular complexity index is 2400. The summed E-state index contributed by atoms with van der Waals surface area (Å²) in [7, 11) is 6.82. The zero-order valence-corrected chi connectivity index (χ0v) is 47.8. The van der Waals surface area contributed by atoms with Gasteiger partial charge in [0.1, 0.15) is 12.1 Å². The van der Waals surface area contributed by atoms with Crippen molar-refractivity contribution in [3.63, 3.8) is 0 Å². The van der Waals surface area contributed by atoms with Gasteiger partial charge in [0.05, 0.1) is 75.6 Å². The van der Waals surface area contributed by atoms with E-state index in [0.717, 1.165) is 35.3 Å². The molecule has 2 aromatic rings. The number of fused-ring (bicyclic) bond motifs is 2. The first-order chi connectivity index (χ1) is 37.9. The molecule has 2 aromatic carbocycles. The lowest BCUT2D eigenvalue weighted by atomic mass is 9.89. The molecule has 79 heavy (non-hydrogen) atoms. The summed E-state index contributed by atoms with van der Waals surface area (Å²) in [5, 5.41) is 11.9. The molecule has 3 fully saturated rings. The Balaban J connectivity index is 1.01. The van der Waals surface area contributed by atoms with E-state index in [-0.39, 0.29) is 118 Å². The van der Waals surface area contributed by atoms with E-state index >= 15 is 0 Å². The van der Waals surface area contributed by atoms with Gasteiger partial charge in [0.2, 0.25) is 35.4 Å². The van der Waals surface area contributed by atoms with Gasteiger partial charge in [-0.2, -0.15) is 0 Å². The lowest BCUT2D eigenvalue weighted by molar-refractivity contribution is -0.148. The lowest BCUT2D eigenvalue weighted by Gasteiger charge is -2.41. The molecule has 1 aliphatic carbocycles. The summed E-state index contributed by atoms with van der Waals surface area (Å²) in [6, 6.07) is 13.8. The first kappa shape index (κ1) is 62.1. The van der Waals surface area contributed by atoms with Crippen molar-refractivity contribution in [2.75, 3.05) is 73.1 Å². The van der Waals surface area contributed by atoms with Crippen molar-refractivity contribution in [3.8, 4) is 0 Å². The van der Waals surface area contributed by atoms with E-state index in [1.807, 2.05) is 65.1 Å². The fourth-order valence-corrected chi connectivity index (χ4v) is 11.8. The number of hydrogen-bond donors (Lipinski definition) is 4. The van der Waals surface area contributed by atoms with Crippen LogP contribution in [0.25, 0.3) is 0 Å². The van der Waals surface area contributed by atoms with Gasteiger partial charge in [0.25, 0.3) is 11.8 Å². The molecule has 20 heteroatoms. The molecular formula is C59H86N8O12. The van der Waals surface area contributed by atoms with Crippen LogP contribution in [-0.4, -0.2) is 183 Å². The van der Waals surface area contributed by atoms with E-state index in [4.69, 9.17) is 18.9 Å². The maximum Gasteiger partial charge on any atom is 0.253 e. The van der Waals surface area contributed by atoms with Crippen molar-refractivity contribution in [2.45, 2.75) is 147 Å². The summed E-state index contributed by atoms with van der Waals surface area (Å²) in [6.07, 6.45) is 6.46. The highest BCUT2D eigenvalue weighted by molar-refractivity contribution is 6.12. The number of imide groups is 1. The Kier molecular flexibility index (Phi) is 23.6. The number of methoxy groups -OCH3 is 2. The number of carbonyl (C=O) groups excluding carboxylic acids is 8. The van der Waals surface area contributed by atoms with Crippen LogP contribution in [0.15, 0.2) is 66.7 Å². The Morgan fingerprint density at radius 2 is 1.48 bits per heavy atom. The zero-order chi connectivity index (χ0) is 57.3. The molecule has 11 atom stereocenters. The van der Waals surface area contributed by atoms with Gasteiger partial charge >= 0.3 is 0 Å². The number of nitrogens with zero attached hydrogens (tertiary/aromatic N) is 4. The molecule has 0 radical (unpaired) electrons. The summed E-state index contributed by atoms with van der Waals surface area (Å²) < 4.78 is 23.1. The smallest absolute Gasteiger partial charge is 0.253 e. The standard InChI is InChI=1S/C59H86N8O12/c1-10-38(4)53(65(7)59(75)52(37(2)3)63-58(74)54-42-20-23-44(34-42)64(54)6)47(76-8)35-51(71)66-27-14-17-46(66)55(77-9)39(5)56(72)62-45(33-40-15-12-11-13-16-40)57(73)61-43-21-18-41(19-22-43)36-60-48(68)26-29-78-31-32-79-30-28-67-49(69)24-25-50(67)70/h11-13,15-16,18-19,21-22,24-25,37-39,42,44-47,52-55H,10,14,17,20,23,26-36H2,1-9H3,(H,60,68)(H,61,73)(H,62,72)(H,63,74)/t38-,39+,42-,44+,45?,46?,47+,52?,53-,54-,55+/m0/s1. The van der Waals surface area contributed by atoms with Crippen molar-refractivity contribution in [2.24, 2.45) is 23.7 Å². The van der Waals surface area contributed by atoms with Crippen LogP contribution in [0.1, 0.15) is 97.1 Å². The fourth-order valence-electron chi connectivity index (χ4n) is 11.8. The molecule has 6 rings (SSSR count). The van der Waals surface area contributed by atoms with E-state index < -0.39 is 54.1 Å². The number of amides is 8. The van der Waals surface area contributed by atoms with Crippen molar-refractivity contribution in [1.29, 1.82) is 0 Å². The molecule has 8 amide bonds. The summed E-state index contributed by atoms with van der Waals surface area (Å²) >= 11 is 0. The molecule has 0 spiro atoms. The third-order valence-electron chi connectivity index (χ3n) is 16.5. The zero-order valence-electron chi connectivity index (χ0n) is 47.8. The van der Waals surface area contributed by atoms with Gasteiger partial charge in [-0.1, -0.05) is 83.5 Å². The van der Waals surface area contributed by atoms with E-state index in [9.17, 15) is 38.4 Å². The lowest BCUT2D eigenvalue weighted by Crippen LogP contribution is -2.60. The van der Waals surface area contributed by atoms with Gasteiger partial charge < -0.3 is 50.0 Å².